The number of thiazole rings is 1. The van der Waals surface area contributed by atoms with Gasteiger partial charge in [0.25, 0.3) is 0 Å². The second-order valence-electron chi connectivity index (χ2n) is 6.54. The first-order valence-corrected chi connectivity index (χ1v) is 9.59. The lowest BCUT2D eigenvalue weighted by atomic mass is 10.0. The van der Waals surface area contributed by atoms with E-state index in [0.717, 1.165) is 37.5 Å². The Morgan fingerprint density at radius 2 is 1.91 bits per heavy atom. The number of hydrogen-bond acceptors (Lipinski definition) is 4. The van der Waals surface area contributed by atoms with E-state index in [-0.39, 0.29) is 12.1 Å². The van der Waals surface area contributed by atoms with Gasteiger partial charge < -0.3 is 4.90 Å². The van der Waals surface area contributed by atoms with Gasteiger partial charge in [-0.2, -0.15) is 0 Å². The average molecular weight is 321 g/mol. The molecule has 1 aromatic heterocycles. The van der Waals surface area contributed by atoms with Crippen LogP contribution in [0.1, 0.15) is 62.9 Å². The summed E-state index contributed by atoms with van der Waals surface area (Å²) in [7, 11) is 0. The molecule has 3 rings (SSSR count). The third kappa shape index (κ3) is 3.51. The molecule has 0 N–H and O–H groups in total. The number of amides is 1. The topological polar surface area (TPSA) is 36.4 Å². The maximum Gasteiger partial charge on any atom is 0.240 e. The lowest BCUT2D eigenvalue weighted by molar-refractivity contribution is -0.140. The fourth-order valence-corrected chi connectivity index (χ4v) is 4.51. The molecule has 3 heterocycles. The predicted octanol–water partition coefficient (Wildman–Crippen LogP) is 3.46. The molecule has 1 amide bonds. The SMILES string of the molecule is C[C@H](C(=O)N1CCCC[C@@H]1c1nccs1)N1CCCCCC1. The van der Waals surface area contributed by atoms with E-state index >= 15 is 0 Å². The largest absolute Gasteiger partial charge is 0.332 e. The Kier molecular flexibility index (Phi) is 5.47. The van der Waals surface area contributed by atoms with Gasteiger partial charge in [-0.25, -0.2) is 4.98 Å². The van der Waals surface area contributed by atoms with E-state index in [9.17, 15) is 4.79 Å². The molecule has 2 saturated heterocycles. The summed E-state index contributed by atoms with van der Waals surface area (Å²) in [4.78, 5) is 22.0. The summed E-state index contributed by atoms with van der Waals surface area (Å²) in [5, 5.41) is 3.13. The zero-order valence-corrected chi connectivity index (χ0v) is 14.4. The van der Waals surface area contributed by atoms with Crippen molar-refractivity contribution in [3.05, 3.63) is 16.6 Å². The van der Waals surface area contributed by atoms with Gasteiger partial charge in [0, 0.05) is 18.1 Å². The minimum absolute atomic E-state index is 0.0127. The van der Waals surface area contributed by atoms with Crippen LogP contribution >= 0.6 is 11.3 Å². The van der Waals surface area contributed by atoms with E-state index in [4.69, 9.17) is 0 Å². The molecule has 0 aromatic carbocycles. The number of aromatic nitrogens is 1. The number of hydrogen-bond donors (Lipinski definition) is 0. The minimum Gasteiger partial charge on any atom is -0.332 e. The van der Waals surface area contributed by atoms with Gasteiger partial charge in [-0.3, -0.25) is 9.69 Å². The van der Waals surface area contributed by atoms with Gasteiger partial charge in [-0.05, 0) is 52.1 Å². The molecular weight excluding hydrogens is 294 g/mol. The molecule has 2 aliphatic rings. The summed E-state index contributed by atoms with van der Waals surface area (Å²) in [6.07, 6.45) is 10.3. The third-order valence-electron chi connectivity index (χ3n) is 5.07. The van der Waals surface area contributed by atoms with E-state index in [0.29, 0.717) is 5.91 Å². The van der Waals surface area contributed by atoms with Crippen LogP contribution in [0, 0.1) is 0 Å². The minimum atomic E-state index is 0.0127. The Hall–Kier alpha value is -0.940. The summed E-state index contributed by atoms with van der Waals surface area (Å²) < 4.78 is 0. The van der Waals surface area contributed by atoms with Crippen LogP contribution in [0.5, 0.6) is 0 Å². The first-order chi connectivity index (χ1) is 10.8. The van der Waals surface area contributed by atoms with Crippen LogP contribution in [0.4, 0.5) is 0 Å². The highest BCUT2D eigenvalue weighted by molar-refractivity contribution is 7.09. The molecular formula is C17H27N3OS. The molecule has 4 nitrogen and oxygen atoms in total. The van der Waals surface area contributed by atoms with Gasteiger partial charge in [-0.15, -0.1) is 11.3 Å². The van der Waals surface area contributed by atoms with Crippen LogP contribution in [0.2, 0.25) is 0 Å². The van der Waals surface area contributed by atoms with Crippen molar-refractivity contribution < 1.29 is 4.79 Å². The fourth-order valence-electron chi connectivity index (χ4n) is 3.73. The monoisotopic (exact) mass is 321 g/mol. The zero-order chi connectivity index (χ0) is 15.4. The summed E-state index contributed by atoms with van der Waals surface area (Å²) in [6, 6.07) is 0.217. The Bertz CT molecular complexity index is 468. The Morgan fingerprint density at radius 1 is 1.18 bits per heavy atom. The van der Waals surface area contributed by atoms with E-state index in [1.54, 1.807) is 11.3 Å². The number of piperidine rings is 1. The first-order valence-electron chi connectivity index (χ1n) is 8.71. The standard InChI is InChI=1S/C17H27N3OS/c1-14(19-10-5-2-3-6-11-19)17(21)20-12-7-4-8-15(20)16-18-9-13-22-16/h9,13-15H,2-8,10-12H2,1H3/t14-,15-/m1/s1. The molecule has 2 aliphatic heterocycles. The summed E-state index contributed by atoms with van der Waals surface area (Å²) in [6.45, 7) is 5.13. The predicted molar refractivity (Wildman–Crippen MR) is 89.9 cm³/mol. The number of carbonyl (C=O) groups excluding carboxylic acids is 1. The number of nitrogens with zero attached hydrogens (tertiary/aromatic N) is 3. The third-order valence-corrected chi connectivity index (χ3v) is 5.94. The smallest absolute Gasteiger partial charge is 0.240 e. The van der Waals surface area contributed by atoms with Gasteiger partial charge in [-0.1, -0.05) is 12.8 Å². The van der Waals surface area contributed by atoms with E-state index in [1.165, 1.54) is 32.1 Å². The fraction of sp³-hybridized carbons (Fsp3) is 0.765. The Morgan fingerprint density at radius 3 is 2.59 bits per heavy atom. The molecule has 0 aliphatic carbocycles. The average Bonchev–Trinajstić information content (AvgIpc) is 2.96. The molecule has 1 aromatic rings. The molecule has 0 saturated carbocycles. The maximum atomic E-state index is 13.1. The van der Waals surface area contributed by atoms with Gasteiger partial charge in [0.2, 0.25) is 5.91 Å². The molecule has 122 valence electrons. The Labute approximate surface area is 137 Å². The maximum absolute atomic E-state index is 13.1. The second kappa shape index (κ2) is 7.55. The van der Waals surface area contributed by atoms with Crippen molar-refractivity contribution in [3.8, 4) is 0 Å². The van der Waals surface area contributed by atoms with Crippen LogP contribution in [0.15, 0.2) is 11.6 Å². The normalized spacial score (nSPS) is 25.7. The van der Waals surface area contributed by atoms with Crippen LogP contribution in [-0.4, -0.2) is 46.4 Å². The van der Waals surface area contributed by atoms with Crippen molar-refractivity contribution in [1.29, 1.82) is 0 Å². The van der Waals surface area contributed by atoms with Crippen LogP contribution in [0.25, 0.3) is 0 Å². The van der Waals surface area contributed by atoms with E-state index in [2.05, 4.69) is 21.7 Å². The molecule has 0 spiro atoms. The quantitative estimate of drug-likeness (QED) is 0.855. The van der Waals surface area contributed by atoms with Gasteiger partial charge in [0.1, 0.15) is 5.01 Å². The Balaban J connectivity index is 1.70. The molecule has 0 radical (unpaired) electrons. The van der Waals surface area contributed by atoms with Crippen molar-refractivity contribution in [3.63, 3.8) is 0 Å². The van der Waals surface area contributed by atoms with Crippen molar-refractivity contribution in [2.24, 2.45) is 0 Å². The van der Waals surface area contributed by atoms with Gasteiger partial charge in [0.05, 0.1) is 12.1 Å². The van der Waals surface area contributed by atoms with Crippen LogP contribution < -0.4 is 0 Å². The molecule has 5 heteroatoms. The van der Waals surface area contributed by atoms with Crippen molar-refractivity contribution >= 4 is 17.2 Å². The van der Waals surface area contributed by atoms with Gasteiger partial charge in [0.15, 0.2) is 0 Å². The molecule has 22 heavy (non-hydrogen) atoms. The molecule has 2 atom stereocenters. The van der Waals surface area contributed by atoms with Crippen LogP contribution in [-0.2, 0) is 4.79 Å². The number of rotatable bonds is 3. The first kappa shape index (κ1) is 15.9. The lowest BCUT2D eigenvalue weighted by Crippen LogP contribution is -2.49. The second-order valence-corrected chi connectivity index (χ2v) is 7.47. The number of likely N-dealkylation sites (tertiary alicyclic amines) is 2. The highest BCUT2D eigenvalue weighted by atomic mass is 32.1. The highest BCUT2D eigenvalue weighted by Crippen LogP contribution is 2.33. The van der Waals surface area contributed by atoms with Crippen molar-refractivity contribution in [1.82, 2.24) is 14.8 Å². The molecule has 0 bridgehead atoms. The molecule has 0 unspecified atom stereocenters. The van der Waals surface area contributed by atoms with Gasteiger partial charge >= 0.3 is 0 Å². The van der Waals surface area contributed by atoms with Crippen molar-refractivity contribution in [2.75, 3.05) is 19.6 Å². The zero-order valence-electron chi connectivity index (χ0n) is 13.5. The van der Waals surface area contributed by atoms with Crippen LogP contribution in [0.3, 0.4) is 0 Å². The van der Waals surface area contributed by atoms with Crippen molar-refractivity contribution in [2.45, 2.75) is 64.0 Å². The molecule has 2 fully saturated rings. The summed E-state index contributed by atoms with van der Waals surface area (Å²) >= 11 is 1.68. The van der Waals surface area contributed by atoms with E-state index < -0.39 is 0 Å². The summed E-state index contributed by atoms with van der Waals surface area (Å²) in [5.41, 5.74) is 0. The lowest BCUT2D eigenvalue weighted by Gasteiger charge is -2.38. The summed E-state index contributed by atoms with van der Waals surface area (Å²) in [5.74, 6) is 0.307. The van der Waals surface area contributed by atoms with E-state index in [1.807, 2.05) is 11.6 Å². The number of carbonyl (C=O) groups is 1. The highest BCUT2D eigenvalue weighted by Gasteiger charge is 2.34.